The zero-order valence-corrected chi connectivity index (χ0v) is 18.1. The Bertz CT molecular complexity index is 1090. The van der Waals surface area contributed by atoms with Crippen molar-refractivity contribution in [3.05, 3.63) is 58.3 Å². The smallest absolute Gasteiger partial charge is 0.0421 e. The molecule has 134 valence electrons. The molecule has 26 heavy (non-hydrogen) atoms. The van der Waals surface area contributed by atoms with Crippen LogP contribution in [0, 0.1) is 0 Å². The standard InChI is InChI=1S/C24H26S2/c1-23(2,3)16-7-8-18-20(14-26-21(18)13-16)19-12-17(24(4,5)6)11-15-9-10-25-22(15)19/h7-14H,1-6H3. The number of hydrogen-bond acceptors (Lipinski definition) is 2. The van der Waals surface area contributed by atoms with Gasteiger partial charge in [-0.15, -0.1) is 22.7 Å². The van der Waals surface area contributed by atoms with E-state index in [0.717, 1.165) is 0 Å². The minimum absolute atomic E-state index is 0.149. The fourth-order valence-electron chi connectivity index (χ4n) is 3.42. The highest BCUT2D eigenvalue weighted by molar-refractivity contribution is 7.19. The lowest BCUT2D eigenvalue weighted by atomic mass is 9.84. The van der Waals surface area contributed by atoms with E-state index in [0.29, 0.717) is 0 Å². The number of rotatable bonds is 1. The van der Waals surface area contributed by atoms with Crippen LogP contribution in [0.1, 0.15) is 52.7 Å². The van der Waals surface area contributed by atoms with E-state index in [1.54, 1.807) is 0 Å². The summed E-state index contributed by atoms with van der Waals surface area (Å²) >= 11 is 3.72. The van der Waals surface area contributed by atoms with Crippen molar-refractivity contribution in [2.24, 2.45) is 0 Å². The molecule has 2 heteroatoms. The van der Waals surface area contributed by atoms with Crippen LogP contribution in [0.2, 0.25) is 0 Å². The minimum atomic E-state index is 0.149. The lowest BCUT2D eigenvalue weighted by Gasteiger charge is -2.21. The predicted octanol–water partition coefficient (Wildman–Crippen LogP) is 8.38. The second kappa shape index (κ2) is 5.94. The van der Waals surface area contributed by atoms with Crippen molar-refractivity contribution in [3.8, 4) is 11.1 Å². The molecule has 0 aliphatic carbocycles. The molecule has 0 radical (unpaired) electrons. The van der Waals surface area contributed by atoms with Gasteiger partial charge in [0.2, 0.25) is 0 Å². The predicted molar refractivity (Wildman–Crippen MR) is 120 cm³/mol. The molecule has 4 aromatic rings. The normalized spacial score (nSPS) is 13.0. The number of benzene rings is 2. The van der Waals surface area contributed by atoms with Crippen molar-refractivity contribution in [3.63, 3.8) is 0 Å². The lowest BCUT2D eigenvalue weighted by Crippen LogP contribution is -2.11. The van der Waals surface area contributed by atoms with Gasteiger partial charge in [0.05, 0.1) is 0 Å². The summed E-state index contributed by atoms with van der Waals surface area (Å²) in [6.45, 7) is 13.7. The minimum Gasteiger partial charge on any atom is -0.143 e. The highest BCUT2D eigenvalue weighted by Crippen LogP contribution is 2.42. The molecule has 0 aliphatic heterocycles. The Hall–Kier alpha value is -1.64. The van der Waals surface area contributed by atoms with Crippen LogP contribution in [-0.4, -0.2) is 0 Å². The van der Waals surface area contributed by atoms with E-state index in [9.17, 15) is 0 Å². The fourth-order valence-corrected chi connectivity index (χ4v) is 5.33. The Morgan fingerprint density at radius 2 is 1.42 bits per heavy atom. The first-order chi connectivity index (χ1) is 12.1. The molecule has 0 fully saturated rings. The molecule has 0 amide bonds. The average Bonchev–Trinajstić information content (AvgIpc) is 3.18. The van der Waals surface area contributed by atoms with E-state index in [-0.39, 0.29) is 10.8 Å². The second-order valence-corrected chi connectivity index (χ2v) is 11.1. The first-order valence-corrected chi connectivity index (χ1v) is 10.9. The van der Waals surface area contributed by atoms with E-state index >= 15 is 0 Å². The summed E-state index contributed by atoms with van der Waals surface area (Å²) in [6, 6.07) is 14.0. The molecule has 2 aromatic heterocycles. The number of fused-ring (bicyclic) bond motifs is 2. The maximum absolute atomic E-state index is 2.41. The molecule has 0 spiro atoms. The summed E-state index contributed by atoms with van der Waals surface area (Å²) < 4.78 is 2.79. The molecule has 0 N–H and O–H groups in total. The molecule has 0 atom stereocenters. The molecule has 0 saturated carbocycles. The molecule has 4 rings (SSSR count). The van der Waals surface area contributed by atoms with Gasteiger partial charge >= 0.3 is 0 Å². The van der Waals surface area contributed by atoms with Crippen molar-refractivity contribution < 1.29 is 0 Å². The van der Waals surface area contributed by atoms with Crippen molar-refractivity contribution in [1.29, 1.82) is 0 Å². The molecule has 2 heterocycles. The van der Waals surface area contributed by atoms with Gasteiger partial charge in [0, 0.05) is 25.9 Å². The van der Waals surface area contributed by atoms with Crippen LogP contribution in [0.5, 0.6) is 0 Å². The first kappa shape index (κ1) is 17.8. The Balaban J connectivity index is 1.97. The van der Waals surface area contributed by atoms with Crippen LogP contribution in [0.15, 0.2) is 47.2 Å². The molecule has 0 bridgehead atoms. The maximum atomic E-state index is 2.41. The van der Waals surface area contributed by atoms with Gasteiger partial charge in [-0.3, -0.25) is 0 Å². The maximum Gasteiger partial charge on any atom is 0.0421 e. The summed E-state index contributed by atoms with van der Waals surface area (Å²) in [5, 5.41) is 7.30. The monoisotopic (exact) mass is 378 g/mol. The molecule has 0 aliphatic rings. The fraction of sp³-hybridized carbons (Fsp3) is 0.333. The van der Waals surface area contributed by atoms with Crippen LogP contribution in [0.3, 0.4) is 0 Å². The lowest BCUT2D eigenvalue weighted by molar-refractivity contribution is 0.591. The van der Waals surface area contributed by atoms with E-state index in [2.05, 4.69) is 88.7 Å². The van der Waals surface area contributed by atoms with Crippen LogP contribution in [0.25, 0.3) is 31.3 Å². The topological polar surface area (TPSA) is 0 Å². The van der Waals surface area contributed by atoms with Gasteiger partial charge in [0.1, 0.15) is 0 Å². The SMILES string of the molecule is CC(C)(C)c1cc(-c2csc3cc(C(C)(C)C)ccc23)c2sccc2c1. The summed E-state index contributed by atoms with van der Waals surface area (Å²) in [7, 11) is 0. The van der Waals surface area contributed by atoms with Crippen LogP contribution < -0.4 is 0 Å². The largest absolute Gasteiger partial charge is 0.143 e. The highest BCUT2D eigenvalue weighted by Gasteiger charge is 2.20. The van der Waals surface area contributed by atoms with Gasteiger partial charge in [-0.2, -0.15) is 0 Å². The molecule has 0 unspecified atom stereocenters. The van der Waals surface area contributed by atoms with Gasteiger partial charge in [-0.1, -0.05) is 53.7 Å². The first-order valence-electron chi connectivity index (χ1n) is 9.18. The van der Waals surface area contributed by atoms with Crippen molar-refractivity contribution in [1.82, 2.24) is 0 Å². The Morgan fingerprint density at radius 1 is 0.692 bits per heavy atom. The van der Waals surface area contributed by atoms with Gasteiger partial charge < -0.3 is 0 Å². The molecule has 0 nitrogen and oxygen atoms in total. The molecular weight excluding hydrogens is 352 g/mol. The van der Waals surface area contributed by atoms with Crippen LogP contribution in [0.4, 0.5) is 0 Å². The third kappa shape index (κ3) is 3.00. The zero-order valence-electron chi connectivity index (χ0n) is 16.4. The third-order valence-corrected chi connectivity index (χ3v) is 7.06. The summed E-state index contributed by atoms with van der Waals surface area (Å²) in [5.74, 6) is 0. The third-order valence-electron chi connectivity index (χ3n) is 5.15. The Morgan fingerprint density at radius 3 is 2.12 bits per heavy atom. The Labute approximate surface area is 164 Å². The van der Waals surface area contributed by atoms with E-state index in [1.165, 1.54) is 42.4 Å². The van der Waals surface area contributed by atoms with E-state index in [4.69, 9.17) is 0 Å². The quantitative estimate of drug-likeness (QED) is 0.312. The average molecular weight is 379 g/mol. The summed E-state index contributed by atoms with van der Waals surface area (Å²) in [5.41, 5.74) is 5.91. The summed E-state index contributed by atoms with van der Waals surface area (Å²) in [4.78, 5) is 0. The van der Waals surface area contributed by atoms with E-state index < -0.39 is 0 Å². The van der Waals surface area contributed by atoms with Crippen LogP contribution >= 0.6 is 22.7 Å². The molecule has 0 saturated heterocycles. The second-order valence-electron chi connectivity index (χ2n) is 9.22. The number of thiophene rings is 2. The highest BCUT2D eigenvalue weighted by atomic mass is 32.1. The van der Waals surface area contributed by atoms with Crippen molar-refractivity contribution in [2.75, 3.05) is 0 Å². The van der Waals surface area contributed by atoms with Gasteiger partial charge in [0.25, 0.3) is 0 Å². The van der Waals surface area contributed by atoms with Crippen molar-refractivity contribution >= 4 is 42.8 Å². The molecular formula is C24H26S2. The van der Waals surface area contributed by atoms with E-state index in [1.807, 2.05) is 22.7 Å². The number of hydrogen-bond donors (Lipinski definition) is 0. The summed E-state index contributed by atoms with van der Waals surface area (Å²) in [6.07, 6.45) is 0. The van der Waals surface area contributed by atoms with Gasteiger partial charge in [-0.05, 0) is 62.4 Å². The molecule has 2 aromatic carbocycles. The Kier molecular flexibility index (Phi) is 4.05. The van der Waals surface area contributed by atoms with Gasteiger partial charge in [-0.25, -0.2) is 0 Å². The van der Waals surface area contributed by atoms with Crippen LogP contribution in [-0.2, 0) is 10.8 Å². The zero-order chi connectivity index (χ0) is 18.7. The van der Waals surface area contributed by atoms with Gasteiger partial charge in [0.15, 0.2) is 0 Å². The van der Waals surface area contributed by atoms with Crippen molar-refractivity contribution in [2.45, 2.75) is 52.4 Å².